The van der Waals surface area contributed by atoms with Gasteiger partial charge in [0.15, 0.2) is 11.2 Å². The van der Waals surface area contributed by atoms with Crippen LogP contribution in [0.3, 0.4) is 0 Å². The number of aliphatic carboxylic acids is 1. The number of carbonyl (C=O) groups is 7. The highest BCUT2D eigenvalue weighted by Crippen LogP contribution is 2.72. The average Bonchev–Trinajstić information content (AvgIpc) is 0.740. The maximum absolute atomic E-state index is 13.2. The summed E-state index contributed by atoms with van der Waals surface area (Å²) in [6.45, 7) is 36.3. The van der Waals surface area contributed by atoms with Crippen LogP contribution in [0.5, 0.6) is 0 Å². The highest BCUT2D eigenvalue weighted by Gasteiger charge is 2.81. The number of carboxylic acid groups (broad SMARTS) is 1. The molecule has 0 aromatic heterocycles. The molecule has 0 aromatic rings. The standard InChI is InChI=1S/C22H38O4.C18H30O6.C14H20F6O3.C12H20O4/c1-8-17(2,3)16(23)26-22-11-15-9-20(13-22,18(4,5)24)12-21(10-15,14-22)19(6,7)25;1-6-17(2,3)16(22)23-13-9-7-12(8-10-13)18(4,5)24-15(21)11-14(19)20;1-4-10(2,3)9(21)23-11(7-5-6-8-11)12(22,13(15,16)17)14(18,19)20;1-6-11(3,4)10(14)16-12(5)7-15-9(13)8(12)2/h15,24-25H,8-14H2,1-7H3;12-13H,6-11H2,1-5H3,(H,19,20);22H,4-8H2,1-3H3;8H,6-7H2,1-5H3. The number of rotatable bonds is 19. The Morgan fingerprint density at radius 3 is 1.33 bits per heavy atom. The molecule has 0 spiro atoms. The van der Waals surface area contributed by atoms with E-state index in [1.54, 1.807) is 20.8 Å². The van der Waals surface area contributed by atoms with E-state index >= 15 is 0 Å². The summed E-state index contributed by atoms with van der Waals surface area (Å²) in [6.07, 6.45) is -3.80. The molecule has 4 N–H and O–H groups in total. The fourth-order valence-corrected chi connectivity index (χ4v) is 13.1. The van der Waals surface area contributed by atoms with Gasteiger partial charge in [-0.3, -0.25) is 33.6 Å². The summed E-state index contributed by atoms with van der Waals surface area (Å²) >= 11 is 0. The second-order valence-corrected chi connectivity index (χ2v) is 31.1. The van der Waals surface area contributed by atoms with Gasteiger partial charge in [0.05, 0.1) is 38.8 Å². The first-order valence-electron chi connectivity index (χ1n) is 31.8. The molecule has 7 aliphatic rings. The lowest BCUT2D eigenvalue weighted by atomic mass is 9.37. The van der Waals surface area contributed by atoms with E-state index in [1.165, 1.54) is 13.8 Å². The molecule has 7 rings (SSSR count). The fraction of sp³-hybridized carbons (Fsp3) is 0.894. The lowest BCUT2D eigenvalue weighted by molar-refractivity contribution is -0.412. The molecular formula is C66H108F6O17. The van der Waals surface area contributed by atoms with Crippen molar-refractivity contribution in [2.75, 3.05) is 6.61 Å². The van der Waals surface area contributed by atoms with E-state index in [2.05, 4.69) is 0 Å². The van der Waals surface area contributed by atoms with Gasteiger partial charge >= 0.3 is 54.1 Å². The molecule has 516 valence electrons. The average molecular weight is 1290 g/mol. The van der Waals surface area contributed by atoms with Crippen molar-refractivity contribution in [2.45, 2.75) is 318 Å². The first-order valence-corrected chi connectivity index (χ1v) is 31.8. The van der Waals surface area contributed by atoms with Crippen LogP contribution < -0.4 is 0 Å². The molecule has 6 aliphatic carbocycles. The molecule has 17 nitrogen and oxygen atoms in total. The quantitative estimate of drug-likeness (QED) is 0.0406. The Labute approximate surface area is 523 Å². The first kappa shape index (κ1) is 79.0. The van der Waals surface area contributed by atoms with Crippen molar-refractivity contribution in [2.24, 2.45) is 50.2 Å². The molecule has 0 amide bonds. The Morgan fingerprint density at radius 1 is 0.573 bits per heavy atom. The van der Waals surface area contributed by atoms with Crippen LogP contribution in [0.2, 0.25) is 0 Å². The zero-order valence-corrected chi connectivity index (χ0v) is 56.8. The maximum atomic E-state index is 13.2. The number of alkyl halides is 6. The molecule has 23 heteroatoms. The van der Waals surface area contributed by atoms with Crippen molar-refractivity contribution >= 4 is 41.8 Å². The van der Waals surface area contributed by atoms with Crippen molar-refractivity contribution in [1.82, 2.24) is 0 Å². The predicted octanol–water partition coefficient (Wildman–Crippen LogP) is 13.6. The van der Waals surface area contributed by atoms with Crippen LogP contribution in [-0.2, 0) is 62.0 Å². The highest BCUT2D eigenvalue weighted by atomic mass is 19.4. The molecule has 89 heavy (non-hydrogen) atoms. The summed E-state index contributed by atoms with van der Waals surface area (Å²) in [5.74, 6) is -3.86. The number of hydrogen-bond acceptors (Lipinski definition) is 16. The smallest absolute Gasteiger partial charge is 0.430 e. The maximum Gasteiger partial charge on any atom is 0.430 e. The number of carbonyl (C=O) groups excluding carboxylic acids is 6. The molecular weight excluding hydrogens is 1180 g/mol. The van der Waals surface area contributed by atoms with E-state index < -0.39 is 116 Å². The zero-order valence-electron chi connectivity index (χ0n) is 56.8. The van der Waals surface area contributed by atoms with E-state index in [0.717, 1.165) is 64.2 Å². The summed E-state index contributed by atoms with van der Waals surface area (Å²) in [6, 6.07) is 0. The monoisotopic (exact) mass is 1290 g/mol. The van der Waals surface area contributed by atoms with E-state index in [9.17, 15) is 75.2 Å². The van der Waals surface area contributed by atoms with Gasteiger partial charge in [0, 0.05) is 10.8 Å². The Balaban J connectivity index is 0.000000314. The number of hydrogen-bond donors (Lipinski definition) is 4. The number of cyclic esters (lactones) is 1. The number of halogens is 6. The molecule has 1 aliphatic heterocycles. The van der Waals surface area contributed by atoms with Gasteiger partial charge in [0.1, 0.15) is 30.3 Å². The summed E-state index contributed by atoms with van der Waals surface area (Å²) in [5, 5.41) is 40.5. The van der Waals surface area contributed by atoms with Gasteiger partial charge in [-0.05, 0) is 238 Å². The van der Waals surface area contributed by atoms with Crippen molar-refractivity contribution < 1.29 is 109 Å². The number of aliphatic hydroxyl groups is 3. The van der Waals surface area contributed by atoms with Crippen molar-refractivity contribution in [3.8, 4) is 0 Å². The van der Waals surface area contributed by atoms with Gasteiger partial charge in [0.25, 0.3) is 5.60 Å². The minimum absolute atomic E-state index is 0.00565. The summed E-state index contributed by atoms with van der Waals surface area (Å²) in [7, 11) is 0. The van der Waals surface area contributed by atoms with Crippen LogP contribution >= 0.6 is 0 Å². The van der Waals surface area contributed by atoms with Gasteiger partial charge in [-0.15, -0.1) is 0 Å². The second-order valence-electron chi connectivity index (χ2n) is 31.1. The molecule has 1 saturated heterocycles. The zero-order chi connectivity index (χ0) is 69.2. The van der Waals surface area contributed by atoms with Crippen LogP contribution in [-0.4, -0.2) is 126 Å². The third kappa shape index (κ3) is 17.5. The van der Waals surface area contributed by atoms with Gasteiger partial charge in [-0.2, -0.15) is 26.3 Å². The lowest BCUT2D eigenvalue weighted by Gasteiger charge is -2.70. The number of esters is 6. The van der Waals surface area contributed by atoms with Crippen LogP contribution in [0, 0.1) is 50.2 Å². The van der Waals surface area contributed by atoms with Crippen LogP contribution in [0.4, 0.5) is 26.3 Å². The van der Waals surface area contributed by atoms with Crippen LogP contribution in [0.15, 0.2) is 0 Å². The molecule has 4 atom stereocenters. The molecule has 0 radical (unpaired) electrons. The minimum Gasteiger partial charge on any atom is -0.481 e. The molecule has 4 bridgehead atoms. The third-order valence-electron chi connectivity index (χ3n) is 21.5. The van der Waals surface area contributed by atoms with Crippen molar-refractivity contribution in [1.29, 1.82) is 0 Å². The van der Waals surface area contributed by atoms with Gasteiger partial charge in [0.2, 0.25) is 0 Å². The molecule has 0 aromatic carbocycles. The Kier molecular flexibility index (Phi) is 24.3. The van der Waals surface area contributed by atoms with E-state index in [0.29, 0.717) is 25.2 Å². The SMILES string of the molecule is CCC(C)(C)C(=O)OC1(C(O)(C(F)(F)F)C(F)(F)F)CCCC1.CCC(C)(C)C(=O)OC1(C)COC(=O)C1C.CCC(C)(C)C(=O)OC12CC3CC(C(C)(C)O)(C1)CC(C(C)(C)O)(C3)C2.CCC(C)(C)C(=O)OC1CCC(C(C)(C)OC(=O)CC(=O)O)CC1. The third-order valence-corrected chi connectivity index (χ3v) is 21.5. The van der Waals surface area contributed by atoms with E-state index in [4.69, 9.17) is 33.5 Å². The number of carboxylic acids is 1. The fourth-order valence-electron chi connectivity index (χ4n) is 13.1. The first-order chi connectivity index (χ1) is 39.9. The van der Waals surface area contributed by atoms with Crippen molar-refractivity contribution in [3.63, 3.8) is 0 Å². The van der Waals surface area contributed by atoms with Crippen molar-refractivity contribution in [3.05, 3.63) is 0 Å². The summed E-state index contributed by atoms with van der Waals surface area (Å²) < 4.78 is 111. The van der Waals surface area contributed by atoms with Crippen LogP contribution in [0.1, 0.15) is 260 Å². The molecule has 1 heterocycles. The molecule has 7 fully saturated rings. The minimum atomic E-state index is -6.02. The van der Waals surface area contributed by atoms with Gasteiger partial charge in [-0.1, -0.05) is 27.7 Å². The molecule has 6 saturated carbocycles. The summed E-state index contributed by atoms with van der Waals surface area (Å²) in [5.41, 5.74) is -15.3. The normalized spacial score (nSPS) is 28.1. The molecule has 4 unspecified atom stereocenters. The Hall–Kier alpha value is -4.25. The topological polar surface area (TPSA) is 256 Å². The Bertz CT molecular complexity index is 2460. The Morgan fingerprint density at radius 2 is 0.966 bits per heavy atom. The summed E-state index contributed by atoms with van der Waals surface area (Å²) in [4.78, 5) is 82.5. The van der Waals surface area contributed by atoms with E-state index in [-0.39, 0.29) is 72.6 Å². The largest absolute Gasteiger partial charge is 0.481 e. The second kappa shape index (κ2) is 27.4. The lowest BCUT2D eigenvalue weighted by Crippen LogP contribution is -2.71. The van der Waals surface area contributed by atoms with Gasteiger partial charge in [-0.25, -0.2) is 0 Å². The number of ether oxygens (including phenoxy) is 6. The van der Waals surface area contributed by atoms with Gasteiger partial charge < -0.3 is 48.8 Å². The predicted molar refractivity (Wildman–Crippen MR) is 317 cm³/mol. The van der Waals surface area contributed by atoms with Crippen LogP contribution in [0.25, 0.3) is 0 Å². The highest BCUT2D eigenvalue weighted by molar-refractivity contribution is 5.90. The van der Waals surface area contributed by atoms with E-state index in [1.807, 2.05) is 104 Å².